The van der Waals surface area contributed by atoms with Crippen molar-refractivity contribution >= 4 is 21.7 Å². The molecule has 2 rings (SSSR count). The molecular weight excluding hydrogens is 252 g/mol. The highest BCUT2D eigenvalue weighted by atomic mass is 79.9. The number of aromatic nitrogens is 1. The van der Waals surface area contributed by atoms with Gasteiger partial charge in [0.2, 0.25) is 0 Å². The Kier molecular flexibility index (Phi) is 3.29. The first-order valence-electron chi connectivity index (χ1n) is 5.52. The van der Waals surface area contributed by atoms with Crippen molar-refractivity contribution in [3.63, 3.8) is 0 Å². The molecule has 3 heteroatoms. The Morgan fingerprint density at radius 1 is 1.53 bits per heavy atom. The van der Waals surface area contributed by atoms with E-state index in [9.17, 15) is 0 Å². The number of nitrogen functional groups attached to an aromatic ring is 1. The molecule has 3 atom stereocenters. The number of rotatable bonds is 2. The summed E-state index contributed by atoms with van der Waals surface area (Å²) in [5.74, 6) is 2.19. The molecule has 1 aliphatic rings. The number of nitrogens with two attached hydrogens (primary N) is 1. The molecule has 0 aliphatic heterocycles. The van der Waals surface area contributed by atoms with Gasteiger partial charge in [-0.2, -0.15) is 0 Å². The van der Waals surface area contributed by atoms with Gasteiger partial charge in [-0.1, -0.05) is 28.9 Å². The predicted molar refractivity (Wildman–Crippen MR) is 67.0 cm³/mol. The molecular formula is C12H17BrN2. The van der Waals surface area contributed by atoms with Gasteiger partial charge >= 0.3 is 0 Å². The van der Waals surface area contributed by atoms with Crippen molar-refractivity contribution in [1.29, 1.82) is 0 Å². The maximum Gasteiger partial charge on any atom is 0.126 e. The lowest BCUT2D eigenvalue weighted by molar-refractivity contribution is 0.423. The highest BCUT2D eigenvalue weighted by Gasteiger charge is 2.31. The van der Waals surface area contributed by atoms with Crippen molar-refractivity contribution in [1.82, 2.24) is 4.98 Å². The van der Waals surface area contributed by atoms with Crippen LogP contribution in [0.2, 0.25) is 0 Å². The Morgan fingerprint density at radius 2 is 2.33 bits per heavy atom. The van der Waals surface area contributed by atoms with Crippen molar-refractivity contribution in [2.75, 3.05) is 5.73 Å². The topological polar surface area (TPSA) is 38.9 Å². The minimum Gasteiger partial charge on any atom is -0.383 e. The molecule has 1 saturated carbocycles. The average Bonchev–Trinajstić information content (AvgIpc) is 2.53. The molecule has 1 heterocycles. The summed E-state index contributed by atoms with van der Waals surface area (Å²) in [5, 5.41) is 0. The Morgan fingerprint density at radius 3 is 2.93 bits per heavy atom. The summed E-state index contributed by atoms with van der Waals surface area (Å²) in [7, 11) is 0. The van der Waals surface area contributed by atoms with Gasteiger partial charge in [-0.25, -0.2) is 4.98 Å². The third kappa shape index (κ3) is 2.33. The van der Waals surface area contributed by atoms with Crippen LogP contribution in [0.5, 0.6) is 0 Å². The highest BCUT2D eigenvalue weighted by Crippen LogP contribution is 2.38. The first-order valence-corrected chi connectivity index (χ1v) is 6.43. The van der Waals surface area contributed by atoms with Crippen LogP contribution in [-0.2, 0) is 6.42 Å². The van der Waals surface area contributed by atoms with Gasteiger partial charge in [0, 0.05) is 11.0 Å². The molecule has 0 radical (unpaired) electrons. The second-order valence-electron chi connectivity index (χ2n) is 4.46. The number of alkyl halides is 1. The summed E-state index contributed by atoms with van der Waals surface area (Å²) in [4.78, 5) is 4.81. The smallest absolute Gasteiger partial charge is 0.126 e. The molecule has 1 aromatic heterocycles. The van der Waals surface area contributed by atoms with E-state index >= 15 is 0 Å². The largest absolute Gasteiger partial charge is 0.383 e. The molecule has 2 N–H and O–H groups in total. The van der Waals surface area contributed by atoms with E-state index in [4.69, 9.17) is 5.73 Å². The zero-order chi connectivity index (χ0) is 10.8. The summed E-state index contributed by atoms with van der Waals surface area (Å²) in [6.07, 6.45) is 5.41. The van der Waals surface area contributed by atoms with Crippen LogP contribution in [0.15, 0.2) is 18.3 Å². The molecule has 0 bridgehead atoms. The van der Waals surface area contributed by atoms with E-state index in [1.807, 2.05) is 6.07 Å². The number of hydrogen-bond donors (Lipinski definition) is 1. The van der Waals surface area contributed by atoms with Crippen molar-refractivity contribution in [2.24, 2.45) is 11.8 Å². The third-order valence-electron chi connectivity index (χ3n) is 3.54. The lowest BCUT2D eigenvalue weighted by Gasteiger charge is -2.17. The van der Waals surface area contributed by atoms with E-state index in [1.54, 1.807) is 6.20 Å². The lowest BCUT2D eigenvalue weighted by Crippen LogP contribution is -2.14. The van der Waals surface area contributed by atoms with E-state index in [0.29, 0.717) is 10.6 Å². The molecule has 1 fully saturated rings. The standard InChI is InChI=1S/C12H17BrN2/c1-8-9(4-5-11(8)13)7-10-3-2-6-15-12(10)14/h2-3,6,8-9,11H,4-5,7H2,1H3,(H2,14,15). The summed E-state index contributed by atoms with van der Waals surface area (Å²) >= 11 is 3.73. The molecule has 1 aromatic rings. The van der Waals surface area contributed by atoms with Gasteiger partial charge in [0.15, 0.2) is 0 Å². The van der Waals surface area contributed by atoms with E-state index in [2.05, 4.69) is 33.9 Å². The van der Waals surface area contributed by atoms with Crippen LogP contribution in [0.3, 0.4) is 0 Å². The summed E-state index contributed by atoms with van der Waals surface area (Å²) in [6.45, 7) is 2.32. The fraction of sp³-hybridized carbons (Fsp3) is 0.583. The Balaban J connectivity index is 2.07. The Bertz CT molecular complexity index is 340. The number of hydrogen-bond acceptors (Lipinski definition) is 2. The van der Waals surface area contributed by atoms with Gasteiger partial charge in [-0.05, 0) is 42.7 Å². The molecule has 0 saturated heterocycles. The van der Waals surface area contributed by atoms with Gasteiger partial charge in [0.05, 0.1) is 0 Å². The number of nitrogens with zero attached hydrogens (tertiary/aromatic N) is 1. The van der Waals surface area contributed by atoms with Crippen LogP contribution >= 0.6 is 15.9 Å². The van der Waals surface area contributed by atoms with Crippen molar-refractivity contribution in [2.45, 2.75) is 31.0 Å². The van der Waals surface area contributed by atoms with E-state index in [-0.39, 0.29) is 0 Å². The minimum absolute atomic E-state index is 0.681. The summed E-state index contributed by atoms with van der Waals surface area (Å²) in [5.41, 5.74) is 7.06. The van der Waals surface area contributed by atoms with Crippen molar-refractivity contribution < 1.29 is 0 Å². The van der Waals surface area contributed by atoms with Gasteiger partial charge < -0.3 is 5.73 Å². The second-order valence-corrected chi connectivity index (χ2v) is 5.64. The molecule has 0 spiro atoms. The fourth-order valence-electron chi connectivity index (χ4n) is 2.39. The van der Waals surface area contributed by atoms with Gasteiger partial charge in [0.25, 0.3) is 0 Å². The molecule has 0 amide bonds. The zero-order valence-electron chi connectivity index (χ0n) is 8.99. The van der Waals surface area contributed by atoms with E-state index in [1.165, 1.54) is 18.4 Å². The molecule has 82 valence electrons. The monoisotopic (exact) mass is 268 g/mol. The minimum atomic E-state index is 0.681. The number of pyridine rings is 1. The molecule has 2 nitrogen and oxygen atoms in total. The second kappa shape index (κ2) is 4.52. The molecule has 15 heavy (non-hydrogen) atoms. The normalized spacial score (nSPS) is 30.7. The summed E-state index contributed by atoms with van der Waals surface area (Å²) < 4.78 is 0. The van der Waals surface area contributed by atoms with E-state index < -0.39 is 0 Å². The number of anilines is 1. The van der Waals surface area contributed by atoms with Gasteiger partial charge in [0.1, 0.15) is 5.82 Å². The maximum atomic E-state index is 5.86. The SMILES string of the molecule is CC1C(Br)CCC1Cc1cccnc1N. The predicted octanol–water partition coefficient (Wildman–Crippen LogP) is 3.02. The van der Waals surface area contributed by atoms with Crippen molar-refractivity contribution in [3.05, 3.63) is 23.9 Å². The third-order valence-corrected chi connectivity index (χ3v) is 4.83. The fourth-order valence-corrected chi connectivity index (χ4v) is 3.08. The van der Waals surface area contributed by atoms with E-state index in [0.717, 1.165) is 18.3 Å². The maximum absolute atomic E-state index is 5.86. The van der Waals surface area contributed by atoms with Crippen LogP contribution in [0.4, 0.5) is 5.82 Å². The Labute approximate surface area is 99.4 Å². The molecule has 1 aliphatic carbocycles. The van der Waals surface area contributed by atoms with Gasteiger partial charge in [-0.15, -0.1) is 0 Å². The average molecular weight is 269 g/mol. The number of halogens is 1. The van der Waals surface area contributed by atoms with Crippen LogP contribution in [0, 0.1) is 11.8 Å². The van der Waals surface area contributed by atoms with Crippen LogP contribution < -0.4 is 5.73 Å². The highest BCUT2D eigenvalue weighted by molar-refractivity contribution is 9.09. The first-order chi connectivity index (χ1) is 7.18. The molecule has 0 aromatic carbocycles. The first kappa shape index (κ1) is 10.9. The quantitative estimate of drug-likeness (QED) is 0.838. The summed E-state index contributed by atoms with van der Waals surface area (Å²) in [6, 6.07) is 4.06. The van der Waals surface area contributed by atoms with Crippen LogP contribution in [0.25, 0.3) is 0 Å². The lowest BCUT2D eigenvalue weighted by atomic mass is 9.91. The Hall–Kier alpha value is -0.570. The van der Waals surface area contributed by atoms with Crippen LogP contribution in [-0.4, -0.2) is 9.81 Å². The zero-order valence-corrected chi connectivity index (χ0v) is 10.6. The van der Waals surface area contributed by atoms with Gasteiger partial charge in [-0.3, -0.25) is 0 Å². The molecule has 3 unspecified atom stereocenters. The van der Waals surface area contributed by atoms with Crippen LogP contribution in [0.1, 0.15) is 25.3 Å². The van der Waals surface area contributed by atoms with Crippen molar-refractivity contribution in [3.8, 4) is 0 Å².